The topological polar surface area (TPSA) is 81.9 Å². The van der Waals surface area contributed by atoms with Gasteiger partial charge in [0.25, 0.3) is 5.91 Å². The molecule has 1 aromatic heterocycles. The lowest BCUT2D eigenvalue weighted by Gasteiger charge is -2.10. The monoisotopic (exact) mass is 363 g/mol. The van der Waals surface area contributed by atoms with Crippen LogP contribution in [0.3, 0.4) is 0 Å². The lowest BCUT2D eigenvalue weighted by molar-refractivity contribution is 0.102. The lowest BCUT2D eigenvalue weighted by Crippen LogP contribution is -2.12. The number of ether oxygens (including phenoxy) is 1. The van der Waals surface area contributed by atoms with E-state index in [-0.39, 0.29) is 5.91 Å². The second kappa shape index (κ2) is 7.19. The molecule has 0 unspecified atom stereocenters. The van der Waals surface area contributed by atoms with Crippen LogP contribution in [-0.2, 0) is 0 Å². The average molecular weight is 363 g/mol. The Morgan fingerprint density at radius 2 is 2.00 bits per heavy atom. The highest BCUT2D eigenvalue weighted by Gasteiger charge is 2.28. The average Bonchev–Trinajstić information content (AvgIpc) is 3.41. The van der Waals surface area contributed by atoms with Gasteiger partial charge < -0.3 is 10.1 Å². The van der Waals surface area contributed by atoms with Crippen molar-refractivity contribution < 1.29 is 9.53 Å². The van der Waals surface area contributed by atoms with E-state index in [1.54, 1.807) is 6.07 Å². The van der Waals surface area contributed by atoms with Gasteiger partial charge in [-0.05, 0) is 85.1 Å². The van der Waals surface area contributed by atoms with Crippen LogP contribution in [0.2, 0.25) is 0 Å². The summed E-state index contributed by atoms with van der Waals surface area (Å²) in [5.74, 6) is 1.40. The molecule has 0 radical (unpaired) electrons. The van der Waals surface area contributed by atoms with Crippen molar-refractivity contribution in [3.63, 3.8) is 0 Å². The Hall–Kier alpha value is -3.22. The Bertz CT molecular complexity index is 961. The van der Waals surface area contributed by atoms with Gasteiger partial charge in [0, 0.05) is 16.8 Å². The molecule has 2 aromatic carbocycles. The minimum Gasteiger partial charge on any atom is -0.494 e. The second-order valence-electron chi connectivity index (χ2n) is 6.62. The zero-order valence-corrected chi connectivity index (χ0v) is 15.3. The van der Waals surface area contributed by atoms with Crippen molar-refractivity contribution in [2.24, 2.45) is 0 Å². The zero-order chi connectivity index (χ0) is 18.8. The fraction of sp³-hybridized carbons (Fsp3) is 0.300. The summed E-state index contributed by atoms with van der Waals surface area (Å²) in [6.07, 6.45) is 2.24. The SMILES string of the molecule is CCOc1ccc(C(=O)Nc2ccc(-c3nnnn3C3CC3)cc2)cc1C. The first kappa shape index (κ1) is 17.2. The molecule has 3 aromatic rings. The van der Waals surface area contributed by atoms with E-state index in [2.05, 4.69) is 20.8 Å². The maximum absolute atomic E-state index is 12.5. The second-order valence-corrected chi connectivity index (χ2v) is 6.62. The molecule has 4 rings (SSSR count). The summed E-state index contributed by atoms with van der Waals surface area (Å²) in [7, 11) is 0. The molecule has 7 nitrogen and oxygen atoms in total. The molecule has 0 aliphatic heterocycles. The Morgan fingerprint density at radius 3 is 2.67 bits per heavy atom. The number of nitrogens with zero attached hydrogens (tertiary/aromatic N) is 4. The van der Waals surface area contributed by atoms with Crippen molar-refractivity contribution in [2.45, 2.75) is 32.7 Å². The number of aromatic nitrogens is 4. The summed E-state index contributed by atoms with van der Waals surface area (Å²) in [5.41, 5.74) is 3.19. The highest BCUT2D eigenvalue weighted by Crippen LogP contribution is 2.36. The largest absolute Gasteiger partial charge is 0.494 e. The van der Waals surface area contributed by atoms with Gasteiger partial charge in [-0.15, -0.1) is 5.10 Å². The molecule has 1 aliphatic carbocycles. The molecular weight excluding hydrogens is 342 g/mol. The van der Waals surface area contributed by atoms with Crippen LogP contribution in [0.1, 0.15) is 41.7 Å². The number of benzene rings is 2. The number of hydrogen-bond donors (Lipinski definition) is 1. The molecule has 7 heteroatoms. The summed E-state index contributed by atoms with van der Waals surface area (Å²) >= 11 is 0. The fourth-order valence-electron chi connectivity index (χ4n) is 2.96. The van der Waals surface area contributed by atoms with Gasteiger partial charge in [-0.2, -0.15) is 0 Å². The van der Waals surface area contributed by atoms with Crippen molar-refractivity contribution >= 4 is 11.6 Å². The lowest BCUT2D eigenvalue weighted by atomic mass is 10.1. The van der Waals surface area contributed by atoms with Gasteiger partial charge in [-0.25, -0.2) is 4.68 Å². The van der Waals surface area contributed by atoms with Crippen LogP contribution in [0.4, 0.5) is 5.69 Å². The van der Waals surface area contributed by atoms with Gasteiger partial charge in [0.15, 0.2) is 5.82 Å². The van der Waals surface area contributed by atoms with Gasteiger partial charge >= 0.3 is 0 Å². The maximum atomic E-state index is 12.5. The standard InChI is InChI=1S/C20H21N5O2/c1-3-27-18-11-6-15(12-13(18)2)20(26)21-16-7-4-14(5-8-16)19-22-23-24-25(19)17-9-10-17/h4-8,11-12,17H,3,9-10H2,1-2H3,(H,21,26). The van der Waals surface area contributed by atoms with Crippen LogP contribution in [0, 0.1) is 6.92 Å². The Balaban J connectivity index is 1.47. The van der Waals surface area contributed by atoms with Gasteiger partial charge in [-0.1, -0.05) is 0 Å². The molecule has 1 amide bonds. The van der Waals surface area contributed by atoms with Crippen molar-refractivity contribution in [3.8, 4) is 17.1 Å². The van der Waals surface area contributed by atoms with E-state index in [1.807, 2.05) is 54.9 Å². The van der Waals surface area contributed by atoms with Crippen LogP contribution in [0.15, 0.2) is 42.5 Å². The highest BCUT2D eigenvalue weighted by atomic mass is 16.5. The molecule has 0 saturated heterocycles. The van der Waals surface area contributed by atoms with E-state index < -0.39 is 0 Å². The number of tetrazole rings is 1. The summed E-state index contributed by atoms with van der Waals surface area (Å²) < 4.78 is 7.39. The van der Waals surface area contributed by atoms with Crippen molar-refractivity contribution in [1.82, 2.24) is 20.2 Å². The van der Waals surface area contributed by atoms with Crippen LogP contribution < -0.4 is 10.1 Å². The first-order valence-electron chi connectivity index (χ1n) is 9.09. The third-order valence-corrected chi connectivity index (χ3v) is 4.52. The molecule has 1 saturated carbocycles. The van der Waals surface area contributed by atoms with E-state index in [0.717, 1.165) is 41.2 Å². The first-order chi connectivity index (χ1) is 13.2. The molecule has 1 aliphatic rings. The van der Waals surface area contributed by atoms with E-state index in [1.165, 1.54) is 0 Å². The number of hydrogen-bond acceptors (Lipinski definition) is 5. The number of amides is 1. The molecule has 27 heavy (non-hydrogen) atoms. The van der Waals surface area contributed by atoms with Crippen LogP contribution in [0.25, 0.3) is 11.4 Å². The molecule has 0 bridgehead atoms. The fourth-order valence-corrected chi connectivity index (χ4v) is 2.96. The number of carbonyl (C=O) groups is 1. The molecule has 138 valence electrons. The third-order valence-electron chi connectivity index (χ3n) is 4.52. The van der Waals surface area contributed by atoms with Crippen LogP contribution in [-0.4, -0.2) is 32.7 Å². The minimum absolute atomic E-state index is 0.156. The summed E-state index contributed by atoms with van der Waals surface area (Å²) in [5, 5.41) is 14.9. The van der Waals surface area contributed by atoms with E-state index >= 15 is 0 Å². The van der Waals surface area contributed by atoms with Crippen molar-refractivity contribution in [2.75, 3.05) is 11.9 Å². The van der Waals surface area contributed by atoms with E-state index in [9.17, 15) is 4.79 Å². The van der Waals surface area contributed by atoms with Crippen LogP contribution in [0.5, 0.6) is 5.75 Å². The summed E-state index contributed by atoms with van der Waals surface area (Å²) in [6.45, 7) is 4.47. The van der Waals surface area contributed by atoms with Gasteiger partial charge in [-0.3, -0.25) is 4.79 Å². The predicted molar refractivity (Wildman–Crippen MR) is 102 cm³/mol. The third kappa shape index (κ3) is 3.67. The molecule has 0 atom stereocenters. The zero-order valence-electron chi connectivity index (χ0n) is 15.3. The first-order valence-corrected chi connectivity index (χ1v) is 9.09. The Labute approximate surface area is 157 Å². The van der Waals surface area contributed by atoms with E-state index in [0.29, 0.717) is 18.2 Å². The summed E-state index contributed by atoms with van der Waals surface area (Å²) in [6, 6.07) is 13.4. The van der Waals surface area contributed by atoms with Gasteiger partial charge in [0.2, 0.25) is 0 Å². The Morgan fingerprint density at radius 1 is 1.22 bits per heavy atom. The molecular formula is C20H21N5O2. The molecule has 1 heterocycles. The number of nitrogens with one attached hydrogen (secondary N) is 1. The minimum atomic E-state index is -0.156. The normalized spacial score (nSPS) is 13.4. The quantitative estimate of drug-likeness (QED) is 0.723. The number of anilines is 1. The predicted octanol–water partition coefficient (Wildman–Crippen LogP) is 3.63. The molecule has 1 N–H and O–H groups in total. The number of rotatable bonds is 6. The summed E-state index contributed by atoms with van der Waals surface area (Å²) in [4.78, 5) is 12.5. The van der Waals surface area contributed by atoms with Gasteiger partial charge in [0.05, 0.1) is 12.6 Å². The smallest absolute Gasteiger partial charge is 0.255 e. The Kier molecular flexibility index (Phi) is 4.58. The maximum Gasteiger partial charge on any atom is 0.255 e. The highest BCUT2D eigenvalue weighted by molar-refractivity contribution is 6.04. The van der Waals surface area contributed by atoms with Gasteiger partial charge in [0.1, 0.15) is 5.75 Å². The van der Waals surface area contributed by atoms with Crippen LogP contribution >= 0.6 is 0 Å². The molecule has 1 fully saturated rings. The number of aryl methyl sites for hydroxylation is 1. The van der Waals surface area contributed by atoms with E-state index in [4.69, 9.17) is 4.74 Å². The number of carbonyl (C=O) groups excluding carboxylic acids is 1. The van der Waals surface area contributed by atoms with Crippen molar-refractivity contribution in [3.05, 3.63) is 53.6 Å². The van der Waals surface area contributed by atoms with Crippen molar-refractivity contribution in [1.29, 1.82) is 0 Å². The molecule has 0 spiro atoms.